The lowest BCUT2D eigenvalue weighted by Gasteiger charge is -2.34. The average molecular weight is 326 g/mol. The van der Waals surface area contributed by atoms with E-state index < -0.39 is 0 Å². The molecule has 1 aliphatic heterocycles. The van der Waals surface area contributed by atoms with E-state index in [2.05, 4.69) is 27.8 Å². The summed E-state index contributed by atoms with van der Waals surface area (Å²) < 4.78 is 0. The van der Waals surface area contributed by atoms with E-state index in [9.17, 15) is 10.1 Å². The molecule has 24 heavy (non-hydrogen) atoms. The molecular formula is C18H22N4O2. The molecule has 0 unspecified atom stereocenters. The minimum Gasteiger partial charge on any atom is -0.348 e. The van der Waals surface area contributed by atoms with Gasteiger partial charge in [-0.15, -0.1) is 0 Å². The number of hydrogen-bond donors (Lipinski definition) is 0. The van der Waals surface area contributed by atoms with Crippen molar-refractivity contribution in [3.05, 3.63) is 40.1 Å². The third kappa shape index (κ3) is 4.12. The monoisotopic (exact) mass is 326 g/mol. The lowest BCUT2D eigenvalue weighted by Crippen LogP contribution is -2.46. The molecule has 6 heteroatoms. The summed E-state index contributed by atoms with van der Waals surface area (Å²) in [6.45, 7) is 3.93. The second kappa shape index (κ2) is 7.93. The van der Waals surface area contributed by atoms with E-state index in [4.69, 9.17) is 0 Å². The number of nitro groups is 1. The number of pyridine rings is 1. The fraction of sp³-hybridized carbons (Fsp3) is 0.500. The third-order valence-electron chi connectivity index (χ3n) is 4.48. The highest BCUT2D eigenvalue weighted by atomic mass is 16.6. The molecule has 3 rings (SSSR count). The van der Waals surface area contributed by atoms with Gasteiger partial charge >= 0.3 is 5.69 Å². The lowest BCUT2D eigenvalue weighted by molar-refractivity contribution is -0.384. The zero-order valence-corrected chi connectivity index (χ0v) is 13.8. The molecule has 0 N–H and O–H groups in total. The Morgan fingerprint density at radius 3 is 2.79 bits per heavy atom. The number of aromatic nitrogens is 1. The van der Waals surface area contributed by atoms with Crippen molar-refractivity contribution in [2.75, 3.05) is 37.6 Å². The van der Waals surface area contributed by atoms with Gasteiger partial charge in [-0.25, -0.2) is 4.98 Å². The minimum atomic E-state index is -0.363. The summed E-state index contributed by atoms with van der Waals surface area (Å²) in [5.41, 5.74) is 1.36. The van der Waals surface area contributed by atoms with Crippen LogP contribution >= 0.6 is 0 Å². The molecule has 0 aromatic carbocycles. The maximum absolute atomic E-state index is 11.1. The summed E-state index contributed by atoms with van der Waals surface area (Å²) in [5.74, 6) is 7.04. The predicted octanol–water partition coefficient (Wildman–Crippen LogP) is 2.62. The van der Waals surface area contributed by atoms with Crippen LogP contribution in [0.2, 0.25) is 0 Å². The van der Waals surface area contributed by atoms with Gasteiger partial charge in [0.05, 0.1) is 11.5 Å². The molecule has 0 amide bonds. The molecule has 2 aliphatic rings. The van der Waals surface area contributed by atoms with E-state index in [0.29, 0.717) is 5.82 Å². The Labute approximate surface area is 142 Å². The fourth-order valence-electron chi connectivity index (χ4n) is 3.11. The summed E-state index contributed by atoms with van der Waals surface area (Å²) >= 11 is 0. The molecule has 0 spiro atoms. The molecule has 126 valence electrons. The molecular weight excluding hydrogens is 304 g/mol. The average Bonchev–Trinajstić information content (AvgIpc) is 2.63. The normalized spacial score (nSPS) is 18.5. The second-order valence-corrected chi connectivity index (χ2v) is 6.14. The van der Waals surface area contributed by atoms with E-state index in [1.807, 2.05) is 4.90 Å². The van der Waals surface area contributed by atoms with Crippen molar-refractivity contribution < 1.29 is 4.92 Å². The number of anilines is 1. The van der Waals surface area contributed by atoms with Crippen molar-refractivity contribution in [1.82, 2.24) is 9.88 Å². The summed E-state index contributed by atoms with van der Waals surface area (Å²) in [6, 6.07) is 3.12. The molecule has 1 fully saturated rings. The van der Waals surface area contributed by atoms with Gasteiger partial charge < -0.3 is 4.90 Å². The molecule has 1 saturated heterocycles. The van der Waals surface area contributed by atoms with E-state index >= 15 is 0 Å². The zero-order chi connectivity index (χ0) is 16.8. The fourth-order valence-corrected chi connectivity index (χ4v) is 3.11. The van der Waals surface area contributed by atoms with Gasteiger partial charge in [0.15, 0.2) is 0 Å². The van der Waals surface area contributed by atoms with E-state index in [1.165, 1.54) is 24.5 Å². The minimum absolute atomic E-state index is 0.0787. The highest BCUT2D eigenvalue weighted by Crippen LogP contribution is 2.25. The van der Waals surface area contributed by atoms with Crippen LogP contribution in [0.3, 0.4) is 0 Å². The standard InChI is InChI=1S/C18H22N4O2/c23-22(24)17-9-4-10-19-18(17)21-14-12-20(13-15-21)11-5-8-16-6-2-1-3-7-16/h4,6,9-10H,1-3,7,11-15H2. The maximum Gasteiger partial charge on any atom is 0.311 e. The molecule has 1 aromatic heterocycles. The van der Waals surface area contributed by atoms with Crippen molar-refractivity contribution in [2.45, 2.75) is 25.7 Å². The largest absolute Gasteiger partial charge is 0.348 e. The van der Waals surface area contributed by atoms with Crippen molar-refractivity contribution in [1.29, 1.82) is 0 Å². The third-order valence-corrected chi connectivity index (χ3v) is 4.48. The van der Waals surface area contributed by atoms with Crippen LogP contribution in [0.5, 0.6) is 0 Å². The van der Waals surface area contributed by atoms with Gasteiger partial charge in [0, 0.05) is 38.4 Å². The molecule has 1 aliphatic carbocycles. The Kier molecular flexibility index (Phi) is 5.44. The van der Waals surface area contributed by atoms with Gasteiger partial charge in [0.25, 0.3) is 0 Å². The van der Waals surface area contributed by atoms with Crippen LogP contribution in [0.25, 0.3) is 0 Å². The van der Waals surface area contributed by atoms with Gasteiger partial charge in [-0.3, -0.25) is 15.0 Å². The topological polar surface area (TPSA) is 62.5 Å². The second-order valence-electron chi connectivity index (χ2n) is 6.14. The SMILES string of the molecule is O=[N+]([O-])c1cccnc1N1CCN(CC#CC2=CCCCC2)CC1. The molecule has 6 nitrogen and oxygen atoms in total. The number of piperazine rings is 1. The van der Waals surface area contributed by atoms with Crippen LogP contribution in [0, 0.1) is 22.0 Å². The van der Waals surface area contributed by atoms with Crippen molar-refractivity contribution in [2.24, 2.45) is 0 Å². The van der Waals surface area contributed by atoms with Crippen LogP contribution in [0.15, 0.2) is 30.0 Å². The van der Waals surface area contributed by atoms with Crippen molar-refractivity contribution in [3.8, 4) is 11.8 Å². The summed E-state index contributed by atoms with van der Waals surface area (Å²) in [5, 5.41) is 11.1. The first-order valence-corrected chi connectivity index (χ1v) is 8.48. The molecule has 0 bridgehead atoms. The van der Waals surface area contributed by atoms with Gasteiger partial charge in [-0.2, -0.15) is 0 Å². The Balaban J connectivity index is 1.54. The lowest BCUT2D eigenvalue weighted by atomic mass is 10.0. The first-order chi connectivity index (χ1) is 11.7. The van der Waals surface area contributed by atoms with E-state index in [-0.39, 0.29) is 10.6 Å². The Bertz CT molecular complexity index is 682. The van der Waals surface area contributed by atoms with Gasteiger partial charge in [0.1, 0.15) is 0 Å². The van der Waals surface area contributed by atoms with Gasteiger partial charge in [0.2, 0.25) is 5.82 Å². The molecule has 0 saturated carbocycles. The van der Waals surface area contributed by atoms with Crippen LogP contribution in [-0.2, 0) is 0 Å². The zero-order valence-electron chi connectivity index (χ0n) is 13.8. The highest BCUT2D eigenvalue weighted by Gasteiger charge is 2.24. The summed E-state index contributed by atoms with van der Waals surface area (Å²) in [4.78, 5) is 19.2. The summed E-state index contributed by atoms with van der Waals surface area (Å²) in [7, 11) is 0. The van der Waals surface area contributed by atoms with Crippen LogP contribution in [-0.4, -0.2) is 47.5 Å². The Morgan fingerprint density at radius 1 is 1.25 bits per heavy atom. The van der Waals surface area contributed by atoms with Gasteiger partial charge in [-0.05, 0) is 37.3 Å². The van der Waals surface area contributed by atoms with E-state index in [0.717, 1.165) is 45.6 Å². The number of hydrogen-bond acceptors (Lipinski definition) is 5. The number of allylic oxidation sites excluding steroid dienone is 2. The highest BCUT2D eigenvalue weighted by molar-refractivity contribution is 5.57. The molecule has 2 heterocycles. The van der Waals surface area contributed by atoms with Crippen LogP contribution in [0.1, 0.15) is 25.7 Å². The number of nitrogens with zero attached hydrogens (tertiary/aromatic N) is 4. The first-order valence-electron chi connectivity index (χ1n) is 8.48. The smallest absolute Gasteiger partial charge is 0.311 e. The Hall–Kier alpha value is -2.39. The quantitative estimate of drug-likeness (QED) is 0.485. The first kappa shape index (κ1) is 16.5. The van der Waals surface area contributed by atoms with Crippen LogP contribution < -0.4 is 4.90 Å². The van der Waals surface area contributed by atoms with Crippen LogP contribution in [0.4, 0.5) is 11.5 Å². The summed E-state index contributed by atoms with van der Waals surface area (Å²) in [6.07, 6.45) is 8.68. The van der Waals surface area contributed by atoms with Gasteiger partial charge in [-0.1, -0.05) is 17.9 Å². The predicted molar refractivity (Wildman–Crippen MR) is 93.9 cm³/mol. The Morgan fingerprint density at radius 2 is 2.08 bits per heavy atom. The molecule has 1 aromatic rings. The van der Waals surface area contributed by atoms with Crippen molar-refractivity contribution >= 4 is 11.5 Å². The van der Waals surface area contributed by atoms with E-state index in [1.54, 1.807) is 12.3 Å². The maximum atomic E-state index is 11.1. The molecule has 0 radical (unpaired) electrons. The van der Waals surface area contributed by atoms with Crippen molar-refractivity contribution in [3.63, 3.8) is 0 Å². The molecule has 0 atom stereocenters. The number of rotatable bonds is 3.